The average Bonchev–Trinajstić information content (AvgIpc) is 2.70. The minimum atomic E-state index is 0.493. The van der Waals surface area contributed by atoms with Crippen LogP contribution in [-0.4, -0.2) is 17.1 Å². The Morgan fingerprint density at radius 2 is 2.31 bits per heavy atom. The van der Waals surface area contributed by atoms with Crippen LogP contribution in [0.15, 0.2) is 18.3 Å². The van der Waals surface area contributed by atoms with Gasteiger partial charge in [0.2, 0.25) is 0 Å². The maximum atomic E-state index is 5.83. The molecule has 1 fully saturated rings. The zero-order valence-corrected chi connectivity index (χ0v) is 10.7. The Morgan fingerprint density at radius 1 is 1.50 bits per heavy atom. The summed E-state index contributed by atoms with van der Waals surface area (Å²) < 4.78 is 0. The Morgan fingerprint density at radius 3 is 3.00 bits per heavy atom. The number of aromatic nitrogens is 1. The largest absolute Gasteiger partial charge is 0.366 e. The molecular weight excluding hydrogens is 220 g/mol. The maximum absolute atomic E-state index is 5.83. The van der Waals surface area contributed by atoms with Crippen LogP contribution in [0.5, 0.6) is 0 Å². The third-order valence-electron chi connectivity index (χ3n) is 3.49. The molecule has 2 atom stereocenters. The van der Waals surface area contributed by atoms with Crippen LogP contribution < -0.4 is 4.90 Å². The van der Waals surface area contributed by atoms with Crippen molar-refractivity contribution in [3.05, 3.63) is 24.0 Å². The molecule has 0 saturated carbocycles. The van der Waals surface area contributed by atoms with Crippen molar-refractivity contribution in [1.29, 1.82) is 0 Å². The van der Waals surface area contributed by atoms with Gasteiger partial charge in [-0.2, -0.15) is 0 Å². The first-order chi connectivity index (χ1) is 7.76. The zero-order chi connectivity index (χ0) is 11.5. The molecule has 2 nitrogen and oxygen atoms in total. The van der Waals surface area contributed by atoms with Crippen molar-refractivity contribution in [3.8, 4) is 0 Å². The van der Waals surface area contributed by atoms with E-state index < -0.39 is 0 Å². The van der Waals surface area contributed by atoms with Gasteiger partial charge in [-0.3, -0.25) is 4.98 Å². The van der Waals surface area contributed by atoms with Gasteiger partial charge in [-0.05, 0) is 38.3 Å². The molecule has 0 aliphatic carbocycles. The van der Waals surface area contributed by atoms with Gasteiger partial charge in [-0.15, -0.1) is 11.6 Å². The van der Waals surface area contributed by atoms with E-state index in [1.807, 2.05) is 6.20 Å². The highest BCUT2D eigenvalue weighted by atomic mass is 35.5. The standard InChI is InChI=1S/C13H19ClN2/c1-3-12-5-4-10(2)16(12)13-6-7-15-11(8-13)9-14/h6-8,10,12H,3-5,9H2,1-2H3. The third kappa shape index (κ3) is 2.17. The average molecular weight is 239 g/mol. The van der Waals surface area contributed by atoms with Crippen LogP contribution >= 0.6 is 11.6 Å². The van der Waals surface area contributed by atoms with E-state index in [1.165, 1.54) is 24.9 Å². The molecule has 0 N–H and O–H groups in total. The normalized spacial score (nSPS) is 25.1. The number of halogens is 1. The number of alkyl halides is 1. The van der Waals surface area contributed by atoms with Crippen LogP contribution in [0.1, 0.15) is 38.8 Å². The van der Waals surface area contributed by atoms with E-state index in [9.17, 15) is 0 Å². The molecular formula is C13H19ClN2. The fourth-order valence-corrected chi connectivity index (χ4v) is 2.78. The van der Waals surface area contributed by atoms with Gasteiger partial charge in [0.1, 0.15) is 0 Å². The molecule has 1 aromatic rings. The fraction of sp³-hybridized carbons (Fsp3) is 0.615. The minimum Gasteiger partial charge on any atom is -0.366 e. The first kappa shape index (κ1) is 11.7. The summed E-state index contributed by atoms with van der Waals surface area (Å²) in [7, 11) is 0. The third-order valence-corrected chi connectivity index (χ3v) is 3.77. The molecule has 1 saturated heterocycles. The van der Waals surface area contributed by atoms with Crippen LogP contribution in [0.3, 0.4) is 0 Å². The van der Waals surface area contributed by atoms with E-state index in [2.05, 4.69) is 35.9 Å². The van der Waals surface area contributed by atoms with Gasteiger partial charge in [-0.1, -0.05) is 6.92 Å². The van der Waals surface area contributed by atoms with Crippen molar-refractivity contribution >= 4 is 17.3 Å². The van der Waals surface area contributed by atoms with Crippen LogP contribution in [0.4, 0.5) is 5.69 Å². The second kappa shape index (κ2) is 5.05. The van der Waals surface area contributed by atoms with E-state index >= 15 is 0 Å². The van der Waals surface area contributed by atoms with Crippen molar-refractivity contribution < 1.29 is 0 Å². The van der Waals surface area contributed by atoms with Crippen LogP contribution in [0.2, 0.25) is 0 Å². The van der Waals surface area contributed by atoms with Crippen LogP contribution in [0, 0.1) is 0 Å². The molecule has 2 rings (SSSR count). The maximum Gasteiger partial charge on any atom is 0.0648 e. The summed E-state index contributed by atoms with van der Waals surface area (Å²) in [6.45, 7) is 4.57. The Labute approximate surface area is 103 Å². The van der Waals surface area contributed by atoms with Crippen LogP contribution in [-0.2, 0) is 5.88 Å². The van der Waals surface area contributed by atoms with Gasteiger partial charge in [0, 0.05) is 24.0 Å². The number of hydrogen-bond acceptors (Lipinski definition) is 2. The fourth-order valence-electron chi connectivity index (χ4n) is 2.64. The lowest BCUT2D eigenvalue weighted by atomic mass is 10.1. The molecule has 1 aliphatic rings. The molecule has 3 heteroatoms. The molecule has 0 amide bonds. The molecule has 0 radical (unpaired) electrons. The predicted octanol–water partition coefficient (Wildman–Crippen LogP) is 3.59. The Bertz CT molecular complexity index is 354. The lowest BCUT2D eigenvalue weighted by Gasteiger charge is -2.30. The Balaban J connectivity index is 2.27. The van der Waals surface area contributed by atoms with Gasteiger partial charge in [-0.25, -0.2) is 0 Å². The number of anilines is 1. The second-order valence-electron chi connectivity index (χ2n) is 4.53. The molecule has 88 valence electrons. The molecule has 0 aromatic carbocycles. The van der Waals surface area contributed by atoms with Crippen molar-refractivity contribution in [2.24, 2.45) is 0 Å². The molecule has 2 unspecified atom stereocenters. The summed E-state index contributed by atoms with van der Waals surface area (Å²) >= 11 is 5.83. The summed E-state index contributed by atoms with van der Waals surface area (Å²) in [6, 6.07) is 5.54. The summed E-state index contributed by atoms with van der Waals surface area (Å²) in [5.74, 6) is 0.493. The van der Waals surface area contributed by atoms with E-state index in [4.69, 9.17) is 11.6 Å². The molecule has 0 spiro atoms. The summed E-state index contributed by atoms with van der Waals surface area (Å²) in [6.07, 6.45) is 5.67. The first-order valence-corrected chi connectivity index (χ1v) is 6.59. The van der Waals surface area contributed by atoms with Crippen molar-refractivity contribution in [2.45, 2.75) is 51.1 Å². The number of nitrogens with zero attached hydrogens (tertiary/aromatic N) is 2. The smallest absolute Gasteiger partial charge is 0.0648 e. The second-order valence-corrected chi connectivity index (χ2v) is 4.80. The van der Waals surface area contributed by atoms with Gasteiger partial charge >= 0.3 is 0 Å². The van der Waals surface area contributed by atoms with Gasteiger partial charge in [0.15, 0.2) is 0 Å². The molecule has 2 heterocycles. The van der Waals surface area contributed by atoms with E-state index in [0.29, 0.717) is 18.0 Å². The monoisotopic (exact) mass is 238 g/mol. The van der Waals surface area contributed by atoms with Crippen LogP contribution in [0.25, 0.3) is 0 Å². The Hall–Kier alpha value is -0.760. The van der Waals surface area contributed by atoms with E-state index in [1.54, 1.807) is 0 Å². The van der Waals surface area contributed by atoms with Gasteiger partial charge in [0.05, 0.1) is 11.6 Å². The zero-order valence-electron chi connectivity index (χ0n) is 9.99. The van der Waals surface area contributed by atoms with E-state index in [0.717, 1.165) is 5.69 Å². The van der Waals surface area contributed by atoms with Gasteiger partial charge < -0.3 is 4.90 Å². The molecule has 1 aliphatic heterocycles. The van der Waals surface area contributed by atoms with Gasteiger partial charge in [0.25, 0.3) is 0 Å². The molecule has 0 bridgehead atoms. The summed E-state index contributed by atoms with van der Waals surface area (Å²) in [5, 5.41) is 0. The number of rotatable bonds is 3. The quantitative estimate of drug-likeness (QED) is 0.749. The summed E-state index contributed by atoms with van der Waals surface area (Å²) in [5.41, 5.74) is 2.25. The lowest BCUT2D eigenvalue weighted by molar-refractivity contribution is 0.627. The van der Waals surface area contributed by atoms with Crippen molar-refractivity contribution in [2.75, 3.05) is 4.90 Å². The highest BCUT2D eigenvalue weighted by Gasteiger charge is 2.29. The first-order valence-electron chi connectivity index (χ1n) is 6.05. The molecule has 1 aromatic heterocycles. The predicted molar refractivity (Wildman–Crippen MR) is 69.0 cm³/mol. The van der Waals surface area contributed by atoms with Crippen molar-refractivity contribution in [1.82, 2.24) is 4.98 Å². The SMILES string of the molecule is CCC1CCC(C)N1c1ccnc(CCl)c1. The highest BCUT2D eigenvalue weighted by Crippen LogP contribution is 2.31. The topological polar surface area (TPSA) is 16.1 Å². The van der Waals surface area contributed by atoms with Crippen molar-refractivity contribution in [3.63, 3.8) is 0 Å². The minimum absolute atomic E-state index is 0.493. The molecule has 16 heavy (non-hydrogen) atoms. The highest BCUT2D eigenvalue weighted by molar-refractivity contribution is 6.16. The van der Waals surface area contributed by atoms with E-state index in [-0.39, 0.29) is 0 Å². The lowest BCUT2D eigenvalue weighted by Crippen LogP contribution is -2.34. The summed E-state index contributed by atoms with van der Waals surface area (Å²) in [4.78, 5) is 6.77. The number of pyridine rings is 1. The number of hydrogen-bond donors (Lipinski definition) is 0. The Kier molecular flexibility index (Phi) is 3.70.